The third-order valence-electron chi connectivity index (χ3n) is 4.65. The fourth-order valence-electron chi connectivity index (χ4n) is 3.36. The largest absolute Gasteiger partial charge is 0.506 e. The monoisotopic (exact) mass is 467 g/mol. The molecule has 0 saturated carbocycles. The van der Waals surface area contributed by atoms with E-state index in [0.29, 0.717) is 23.9 Å². The number of fused-ring (bicyclic) bond motifs is 1. The summed E-state index contributed by atoms with van der Waals surface area (Å²) < 4.78 is 34.4. The van der Waals surface area contributed by atoms with Crippen molar-refractivity contribution in [2.45, 2.75) is 64.0 Å². The summed E-state index contributed by atoms with van der Waals surface area (Å²) in [5, 5.41) is 20.3. The summed E-state index contributed by atoms with van der Waals surface area (Å²) in [5.41, 5.74) is -0.0222. The zero-order chi connectivity index (χ0) is 24.1. The molecule has 0 radical (unpaired) electrons. The molecule has 0 unspecified atom stereocenters. The van der Waals surface area contributed by atoms with E-state index in [4.69, 9.17) is 9.84 Å². The maximum Gasteiger partial charge on any atom is 0.410 e. The van der Waals surface area contributed by atoms with Gasteiger partial charge in [-0.3, -0.25) is 4.98 Å². The van der Waals surface area contributed by atoms with Crippen molar-refractivity contribution in [1.29, 1.82) is 0 Å². The summed E-state index contributed by atoms with van der Waals surface area (Å²) in [7, 11) is -4.03. The Labute approximate surface area is 189 Å². The Morgan fingerprint density at radius 2 is 2.00 bits per heavy atom. The molecule has 2 aromatic rings. The van der Waals surface area contributed by atoms with Crippen molar-refractivity contribution in [3.63, 3.8) is 0 Å². The number of hydrogen-bond donors (Lipinski definition) is 3. The summed E-state index contributed by atoms with van der Waals surface area (Å²) in [4.78, 5) is 18.0. The van der Waals surface area contributed by atoms with Crippen LogP contribution in [0.2, 0.25) is 0 Å². The average molecular weight is 468 g/mol. The molecule has 178 valence electrons. The maximum atomic E-state index is 13.2. The predicted octanol–water partition coefficient (Wildman–Crippen LogP) is 2.79. The molecule has 0 aliphatic heterocycles. The lowest BCUT2D eigenvalue weighted by atomic mass is 10.1. The Balaban J connectivity index is 2.30. The number of carbonyl (C=O) groups excluding carboxylic acids is 1. The Kier molecular flexibility index (Phi) is 8.44. The fraction of sp³-hybridized carbons (Fsp3) is 0.545. The van der Waals surface area contributed by atoms with Gasteiger partial charge in [-0.15, -0.1) is 0 Å². The molecule has 32 heavy (non-hydrogen) atoms. The average Bonchev–Trinajstić information content (AvgIpc) is 2.69. The highest BCUT2D eigenvalue weighted by Gasteiger charge is 2.27. The van der Waals surface area contributed by atoms with E-state index in [9.17, 15) is 18.3 Å². The number of hydrogen-bond acceptors (Lipinski definition) is 7. The minimum atomic E-state index is -4.03. The molecule has 10 heteroatoms. The molecule has 0 fully saturated rings. The van der Waals surface area contributed by atoms with Crippen molar-refractivity contribution in [1.82, 2.24) is 14.6 Å². The first-order chi connectivity index (χ1) is 14.9. The van der Waals surface area contributed by atoms with E-state index >= 15 is 0 Å². The lowest BCUT2D eigenvalue weighted by Gasteiger charge is -2.29. The number of aryl methyl sites for hydroxylation is 1. The second-order valence-electron chi connectivity index (χ2n) is 8.65. The number of aromatic nitrogens is 1. The predicted molar refractivity (Wildman–Crippen MR) is 122 cm³/mol. The Morgan fingerprint density at radius 1 is 1.31 bits per heavy atom. The minimum absolute atomic E-state index is 0.0483. The normalized spacial score (nSPS) is 13.2. The number of pyridine rings is 1. The highest BCUT2D eigenvalue weighted by atomic mass is 32.2. The summed E-state index contributed by atoms with van der Waals surface area (Å²) in [5.74, 6) is -0.218. The molecule has 1 heterocycles. The molecule has 1 aromatic carbocycles. The van der Waals surface area contributed by atoms with Crippen molar-refractivity contribution >= 4 is 26.9 Å². The summed E-state index contributed by atoms with van der Waals surface area (Å²) in [6, 6.07) is 4.10. The molecule has 9 nitrogen and oxygen atoms in total. The highest BCUT2D eigenvalue weighted by Crippen LogP contribution is 2.32. The molecule has 1 aromatic heterocycles. The van der Waals surface area contributed by atoms with Gasteiger partial charge in [0.25, 0.3) is 0 Å². The van der Waals surface area contributed by atoms with Crippen LogP contribution in [0.25, 0.3) is 10.8 Å². The number of nitrogens with one attached hydrogen (secondary N) is 1. The van der Waals surface area contributed by atoms with Crippen molar-refractivity contribution < 1.29 is 28.2 Å². The van der Waals surface area contributed by atoms with Crippen molar-refractivity contribution in [3.8, 4) is 5.75 Å². The number of ether oxygens (including phenoxy) is 1. The smallest absolute Gasteiger partial charge is 0.410 e. The van der Waals surface area contributed by atoms with Crippen LogP contribution in [0.3, 0.4) is 0 Å². The van der Waals surface area contributed by atoms with Gasteiger partial charge in [0.2, 0.25) is 10.0 Å². The molecule has 0 aliphatic carbocycles. The molecule has 0 bridgehead atoms. The Hall–Kier alpha value is -2.43. The number of aliphatic hydroxyl groups excluding tert-OH is 1. The van der Waals surface area contributed by atoms with Gasteiger partial charge in [-0.25, -0.2) is 17.9 Å². The second kappa shape index (κ2) is 10.5. The van der Waals surface area contributed by atoms with Crippen molar-refractivity contribution in [2.75, 3.05) is 19.7 Å². The van der Waals surface area contributed by atoms with Gasteiger partial charge in [0, 0.05) is 42.2 Å². The van der Waals surface area contributed by atoms with E-state index in [1.807, 2.05) is 6.92 Å². The molecular formula is C22H33N3O6S. The Morgan fingerprint density at radius 3 is 2.59 bits per heavy atom. The lowest BCUT2D eigenvalue weighted by molar-refractivity contribution is 0.0229. The molecule has 0 saturated heterocycles. The number of rotatable bonds is 9. The molecule has 0 spiro atoms. The number of amides is 1. The molecule has 2 rings (SSSR count). The summed E-state index contributed by atoms with van der Waals surface area (Å²) >= 11 is 0. The quantitative estimate of drug-likeness (QED) is 0.517. The third-order valence-corrected chi connectivity index (χ3v) is 6.28. The van der Waals surface area contributed by atoms with Crippen LogP contribution in [0.5, 0.6) is 5.75 Å². The molecule has 0 aliphatic rings. The zero-order valence-corrected chi connectivity index (χ0v) is 20.1. The number of carbonyl (C=O) groups is 1. The topological polar surface area (TPSA) is 129 Å². The SMILES string of the molecule is CCc1ncc(O)c2c(S(=O)(=O)N[C@H](C)CN(CCCO)C(=O)OC(C)(C)C)cccc12. The zero-order valence-electron chi connectivity index (χ0n) is 19.3. The van der Waals surface area contributed by atoms with E-state index in [2.05, 4.69) is 9.71 Å². The first kappa shape index (κ1) is 25.8. The Bertz CT molecular complexity index is 1050. The number of aliphatic hydroxyl groups is 1. The maximum absolute atomic E-state index is 13.2. The van der Waals surface area contributed by atoms with Gasteiger partial charge in [0.05, 0.1) is 11.1 Å². The first-order valence-electron chi connectivity index (χ1n) is 10.6. The van der Waals surface area contributed by atoms with Crippen LogP contribution in [0, 0.1) is 0 Å². The molecule has 1 amide bonds. The van der Waals surface area contributed by atoms with Crippen LogP contribution in [0.4, 0.5) is 4.79 Å². The van der Waals surface area contributed by atoms with Crippen molar-refractivity contribution in [3.05, 3.63) is 30.1 Å². The van der Waals surface area contributed by atoms with Gasteiger partial charge in [-0.1, -0.05) is 19.1 Å². The molecule has 3 N–H and O–H groups in total. The van der Waals surface area contributed by atoms with Crippen molar-refractivity contribution in [2.24, 2.45) is 0 Å². The van der Waals surface area contributed by atoms with E-state index in [1.54, 1.807) is 39.8 Å². The summed E-state index contributed by atoms with van der Waals surface area (Å²) in [6.07, 6.45) is 1.59. The van der Waals surface area contributed by atoms with Crippen LogP contribution >= 0.6 is 0 Å². The van der Waals surface area contributed by atoms with Gasteiger partial charge in [0.1, 0.15) is 11.4 Å². The number of sulfonamides is 1. The van der Waals surface area contributed by atoms with E-state index in [-0.39, 0.29) is 35.7 Å². The number of benzene rings is 1. The van der Waals surface area contributed by atoms with E-state index in [0.717, 1.165) is 0 Å². The number of nitrogens with zero attached hydrogens (tertiary/aromatic N) is 2. The van der Waals surface area contributed by atoms with Crippen LogP contribution in [0.1, 0.15) is 46.7 Å². The third kappa shape index (κ3) is 6.54. The van der Waals surface area contributed by atoms with Gasteiger partial charge in [-0.05, 0) is 46.6 Å². The number of aromatic hydroxyl groups is 1. The van der Waals surface area contributed by atoms with E-state index in [1.165, 1.54) is 17.2 Å². The van der Waals surface area contributed by atoms with Gasteiger partial charge in [-0.2, -0.15) is 0 Å². The standard InChI is InChI=1S/C22H33N3O6S/c1-6-17-16-9-7-10-19(20(16)18(27)13-23-17)32(29,30)24-15(2)14-25(11-8-12-26)21(28)31-22(3,4)5/h7,9-10,13,15,24,26-27H,6,8,11-12,14H2,1-5H3/t15-/m1/s1. The van der Waals surface area contributed by atoms with E-state index < -0.39 is 27.8 Å². The first-order valence-corrected chi connectivity index (χ1v) is 12.1. The fourth-order valence-corrected chi connectivity index (χ4v) is 4.83. The minimum Gasteiger partial charge on any atom is -0.506 e. The van der Waals surface area contributed by atoms with Crippen LogP contribution in [0.15, 0.2) is 29.3 Å². The van der Waals surface area contributed by atoms with Crippen LogP contribution < -0.4 is 4.72 Å². The lowest BCUT2D eigenvalue weighted by Crippen LogP contribution is -2.46. The van der Waals surface area contributed by atoms with Gasteiger partial charge in [0.15, 0.2) is 0 Å². The van der Waals surface area contributed by atoms with Crippen LogP contribution in [-0.2, 0) is 21.2 Å². The molecular weight excluding hydrogens is 434 g/mol. The van der Waals surface area contributed by atoms with Crippen LogP contribution in [-0.4, -0.2) is 65.9 Å². The highest BCUT2D eigenvalue weighted by molar-refractivity contribution is 7.89. The van der Waals surface area contributed by atoms with Gasteiger partial charge < -0.3 is 19.8 Å². The molecule has 1 atom stereocenters. The summed E-state index contributed by atoms with van der Waals surface area (Å²) in [6.45, 7) is 8.93. The second-order valence-corrected chi connectivity index (χ2v) is 10.3. The van der Waals surface area contributed by atoms with Gasteiger partial charge >= 0.3 is 6.09 Å².